The number of nitrogens with zero attached hydrogens (tertiary/aromatic N) is 1. The average Bonchev–Trinajstić information content (AvgIpc) is 2.35. The molecule has 0 fully saturated rings. The first-order valence-corrected chi connectivity index (χ1v) is 4.88. The number of pyridine rings is 1. The minimum Gasteiger partial charge on any atom is -0.390 e. The first-order valence-electron chi connectivity index (χ1n) is 4.88. The van der Waals surface area contributed by atoms with Crippen LogP contribution in [0.1, 0.15) is 5.56 Å². The highest BCUT2D eigenvalue weighted by Gasteiger charge is 2.27. The first kappa shape index (κ1) is 13.2. The van der Waals surface area contributed by atoms with Crippen LogP contribution in [0.2, 0.25) is 0 Å². The molecule has 0 radical (unpaired) electrons. The van der Waals surface area contributed by atoms with Crippen molar-refractivity contribution in [3.8, 4) is 0 Å². The standard InChI is InChI=1S/C11H12F2N2O2/c12-11(13,8-16)7-15-10(17)4-3-9-2-1-5-14-6-9/h1-6,16H,7-8H2,(H,15,17)/b4-3+. The second-order valence-electron chi connectivity index (χ2n) is 3.35. The van der Waals surface area contributed by atoms with Gasteiger partial charge in [0.15, 0.2) is 0 Å². The van der Waals surface area contributed by atoms with Crippen molar-refractivity contribution in [2.45, 2.75) is 5.92 Å². The summed E-state index contributed by atoms with van der Waals surface area (Å²) in [6, 6.07) is 3.41. The molecule has 17 heavy (non-hydrogen) atoms. The Bertz CT molecular complexity index is 394. The van der Waals surface area contributed by atoms with Crippen LogP contribution in [0.15, 0.2) is 30.6 Å². The number of hydrogen-bond donors (Lipinski definition) is 2. The molecule has 0 spiro atoms. The minimum atomic E-state index is -3.29. The topological polar surface area (TPSA) is 62.2 Å². The molecule has 1 aromatic heterocycles. The molecule has 0 saturated carbocycles. The molecule has 6 heteroatoms. The maximum atomic E-state index is 12.6. The second kappa shape index (κ2) is 6.05. The Labute approximate surface area is 97.0 Å². The molecular formula is C11H12F2N2O2. The van der Waals surface area contributed by atoms with Gasteiger partial charge in [0.05, 0.1) is 6.54 Å². The number of aliphatic hydroxyl groups excluding tert-OH is 1. The van der Waals surface area contributed by atoms with Crippen molar-refractivity contribution in [1.82, 2.24) is 10.3 Å². The number of aliphatic hydroxyl groups is 1. The van der Waals surface area contributed by atoms with E-state index in [1.165, 1.54) is 12.3 Å². The fourth-order valence-electron chi connectivity index (χ4n) is 0.978. The van der Waals surface area contributed by atoms with Crippen LogP contribution >= 0.6 is 0 Å². The number of nitrogens with one attached hydrogen (secondary N) is 1. The zero-order chi connectivity index (χ0) is 12.7. The Morgan fingerprint density at radius 2 is 2.35 bits per heavy atom. The summed E-state index contributed by atoms with van der Waals surface area (Å²) in [5.41, 5.74) is 0.691. The molecule has 1 amide bonds. The van der Waals surface area contributed by atoms with E-state index in [2.05, 4.69) is 4.98 Å². The van der Waals surface area contributed by atoms with Gasteiger partial charge in [0.1, 0.15) is 6.61 Å². The summed E-state index contributed by atoms with van der Waals surface area (Å²) in [6.07, 6.45) is 5.70. The highest BCUT2D eigenvalue weighted by Crippen LogP contribution is 2.09. The van der Waals surface area contributed by atoms with Crippen molar-refractivity contribution in [2.75, 3.05) is 13.2 Å². The molecule has 1 heterocycles. The number of hydrogen-bond acceptors (Lipinski definition) is 3. The van der Waals surface area contributed by atoms with Crippen LogP contribution in [0.3, 0.4) is 0 Å². The molecule has 0 bridgehead atoms. The highest BCUT2D eigenvalue weighted by molar-refractivity contribution is 5.91. The Balaban J connectivity index is 2.43. The van der Waals surface area contributed by atoms with Crippen LogP contribution < -0.4 is 5.32 Å². The fraction of sp³-hybridized carbons (Fsp3) is 0.273. The van der Waals surface area contributed by atoms with E-state index in [1.807, 2.05) is 5.32 Å². The Kier molecular flexibility index (Phi) is 4.71. The van der Waals surface area contributed by atoms with Gasteiger partial charge in [-0.15, -0.1) is 0 Å². The van der Waals surface area contributed by atoms with Gasteiger partial charge >= 0.3 is 0 Å². The zero-order valence-electron chi connectivity index (χ0n) is 8.94. The first-order chi connectivity index (χ1) is 8.03. The lowest BCUT2D eigenvalue weighted by Gasteiger charge is -2.12. The highest BCUT2D eigenvalue weighted by atomic mass is 19.3. The van der Waals surface area contributed by atoms with Gasteiger partial charge in [-0.2, -0.15) is 0 Å². The third kappa shape index (κ3) is 5.17. The lowest BCUT2D eigenvalue weighted by Crippen LogP contribution is -2.38. The number of halogens is 2. The van der Waals surface area contributed by atoms with E-state index in [-0.39, 0.29) is 0 Å². The monoisotopic (exact) mass is 242 g/mol. The van der Waals surface area contributed by atoms with Gasteiger partial charge in [0.25, 0.3) is 5.92 Å². The number of rotatable bonds is 5. The van der Waals surface area contributed by atoms with E-state index in [1.54, 1.807) is 18.3 Å². The van der Waals surface area contributed by atoms with E-state index in [0.717, 1.165) is 6.08 Å². The number of alkyl halides is 2. The molecule has 0 saturated heterocycles. The Hall–Kier alpha value is -1.82. The lowest BCUT2D eigenvalue weighted by molar-refractivity contribution is -0.119. The molecule has 0 atom stereocenters. The predicted molar refractivity (Wildman–Crippen MR) is 58.3 cm³/mol. The summed E-state index contributed by atoms with van der Waals surface area (Å²) in [6.45, 7) is -2.18. The SMILES string of the molecule is O=C(/C=C/c1cccnc1)NCC(F)(F)CO. The van der Waals surface area contributed by atoms with E-state index >= 15 is 0 Å². The van der Waals surface area contributed by atoms with E-state index in [0.29, 0.717) is 5.56 Å². The Morgan fingerprint density at radius 3 is 2.94 bits per heavy atom. The molecule has 0 aliphatic carbocycles. The van der Waals surface area contributed by atoms with E-state index < -0.39 is 25.0 Å². The minimum absolute atomic E-state index is 0.651. The van der Waals surface area contributed by atoms with Crippen LogP contribution in [-0.2, 0) is 4.79 Å². The summed E-state index contributed by atoms with van der Waals surface area (Å²) in [7, 11) is 0. The summed E-state index contributed by atoms with van der Waals surface area (Å²) < 4.78 is 25.2. The van der Waals surface area contributed by atoms with Gasteiger partial charge in [-0.3, -0.25) is 9.78 Å². The van der Waals surface area contributed by atoms with Crippen molar-refractivity contribution in [2.24, 2.45) is 0 Å². The van der Waals surface area contributed by atoms with Crippen LogP contribution in [0.5, 0.6) is 0 Å². The van der Waals surface area contributed by atoms with Crippen molar-refractivity contribution in [3.63, 3.8) is 0 Å². The average molecular weight is 242 g/mol. The van der Waals surface area contributed by atoms with Crippen LogP contribution in [-0.4, -0.2) is 35.1 Å². The predicted octanol–water partition coefficient (Wildman–Crippen LogP) is 0.839. The van der Waals surface area contributed by atoms with Gasteiger partial charge in [0, 0.05) is 18.5 Å². The summed E-state index contributed by atoms with van der Waals surface area (Å²) in [4.78, 5) is 15.0. The number of carbonyl (C=O) groups is 1. The molecule has 0 unspecified atom stereocenters. The fourth-order valence-corrected chi connectivity index (χ4v) is 0.978. The third-order valence-corrected chi connectivity index (χ3v) is 1.86. The third-order valence-electron chi connectivity index (χ3n) is 1.86. The van der Waals surface area contributed by atoms with Crippen LogP contribution in [0.25, 0.3) is 6.08 Å². The number of carbonyl (C=O) groups excluding carboxylic acids is 1. The van der Waals surface area contributed by atoms with Crippen molar-refractivity contribution in [1.29, 1.82) is 0 Å². The van der Waals surface area contributed by atoms with Crippen molar-refractivity contribution < 1.29 is 18.7 Å². The molecular weight excluding hydrogens is 230 g/mol. The van der Waals surface area contributed by atoms with Gasteiger partial charge in [0.2, 0.25) is 5.91 Å². The molecule has 2 N–H and O–H groups in total. The van der Waals surface area contributed by atoms with Gasteiger partial charge < -0.3 is 10.4 Å². The summed E-state index contributed by atoms with van der Waals surface area (Å²) >= 11 is 0. The Morgan fingerprint density at radius 1 is 1.59 bits per heavy atom. The van der Waals surface area contributed by atoms with E-state index in [9.17, 15) is 13.6 Å². The maximum absolute atomic E-state index is 12.6. The molecule has 0 aliphatic rings. The van der Waals surface area contributed by atoms with Gasteiger partial charge in [-0.25, -0.2) is 8.78 Å². The van der Waals surface area contributed by atoms with Gasteiger partial charge in [-0.05, 0) is 17.7 Å². The maximum Gasteiger partial charge on any atom is 0.287 e. The number of amides is 1. The summed E-state index contributed by atoms with van der Waals surface area (Å²) in [5.74, 6) is -3.94. The quantitative estimate of drug-likeness (QED) is 0.752. The van der Waals surface area contributed by atoms with Gasteiger partial charge in [-0.1, -0.05) is 6.07 Å². The molecule has 1 rings (SSSR count). The zero-order valence-corrected chi connectivity index (χ0v) is 8.94. The smallest absolute Gasteiger partial charge is 0.287 e. The lowest BCUT2D eigenvalue weighted by atomic mass is 10.2. The molecule has 0 aliphatic heterocycles. The second-order valence-corrected chi connectivity index (χ2v) is 3.35. The molecule has 1 aromatic rings. The molecule has 4 nitrogen and oxygen atoms in total. The summed E-state index contributed by atoms with van der Waals surface area (Å²) in [5, 5.41) is 10.3. The largest absolute Gasteiger partial charge is 0.390 e. The molecule has 92 valence electrons. The van der Waals surface area contributed by atoms with Crippen LogP contribution in [0.4, 0.5) is 8.78 Å². The van der Waals surface area contributed by atoms with E-state index in [4.69, 9.17) is 5.11 Å². The van der Waals surface area contributed by atoms with Crippen LogP contribution in [0, 0.1) is 0 Å². The van der Waals surface area contributed by atoms with Crippen molar-refractivity contribution in [3.05, 3.63) is 36.2 Å². The number of aromatic nitrogens is 1. The normalized spacial score (nSPS) is 11.7. The molecule has 0 aromatic carbocycles. The van der Waals surface area contributed by atoms with Crippen molar-refractivity contribution >= 4 is 12.0 Å².